The maximum Gasteiger partial charge on any atom is 0.336 e. The van der Waals surface area contributed by atoms with Crippen LogP contribution in [-0.4, -0.2) is 13.1 Å². The van der Waals surface area contributed by atoms with Gasteiger partial charge in [0.25, 0.3) is 0 Å². The van der Waals surface area contributed by atoms with Crippen LogP contribution in [0.3, 0.4) is 0 Å². The van der Waals surface area contributed by atoms with Gasteiger partial charge >= 0.3 is 5.97 Å². The van der Waals surface area contributed by atoms with Gasteiger partial charge in [-0.25, -0.2) is 4.79 Å². The van der Waals surface area contributed by atoms with E-state index in [1.165, 1.54) is 12.0 Å². The Hall–Kier alpha value is -0.940. The maximum atomic E-state index is 11.4. The van der Waals surface area contributed by atoms with Crippen LogP contribution in [0.1, 0.15) is 16.5 Å². The minimum atomic E-state index is -0.306. The highest BCUT2D eigenvalue weighted by Gasteiger charge is 2.29. The lowest BCUT2D eigenvalue weighted by atomic mass is 10.1. The van der Waals surface area contributed by atoms with Crippen LogP contribution >= 0.6 is 23.1 Å². The topological polar surface area (TPSA) is 52.3 Å². The fourth-order valence-electron chi connectivity index (χ4n) is 1.49. The predicted octanol–water partition coefficient (Wildman–Crippen LogP) is 2.27. The van der Waals surface area contributed by atoms with E-state index < -0.39 is 0 Å². The minimum Gasteiger partial charge on any atom is -0.466 e. The minimum absolute atomic E-state index is 0.277. The monoisotopic (exact) mass is 241 g/mol. The van der Waals surface area contributed by atoms with Crippen molar-refractivity contribution < 1.29 is 9.53 Å². The zero-order valence-corrected chi connectivity index (χ0v) is 9.86. The first-order valence-corrected chi connectivity index (χ1v) is 6.25. The van der Waals surface area contributed by atoms with Crippen molar-refractivity contribution in [2.75, 3.05) is 7.11 Å². The highest BCUT2D eigenvalue weighted by Crippen LogP contribution is 2.46. The fraction of sp³-hybridized carbons (Fsp3) is 0.300. The van der Waals surface area contributed by atoms with Crippen LogP contribution in [0.4, 0.5) is 0 Å². The first kappa shape index (κ1) is 10.6. The van der Waals surface area contributed by atoms with E-state index in [1.54, 1.807) is 23.1 Å². The van der Waals surface area contributed by atoms with Crippen molar-refractivity contribution in [1.82, 2.24) is 0 Å². The molecule has 0 bridgehead atoms. The molecule has 3 nitrogen and oxygen atoms in total. The van der Waals surface area contributed by atoms with E-state index in [4.69, 9.17) is 5.73 Å². The number of esters is 1. The lowest BCUT2D eigenvalue weighted by molar-refractivity contribution is -0.136. The Balaban J connectivity index is 2.13. The smallest absolute Gasteiger partial charge is 0.336 e. The summed E-state index contributed by atoms with van der Waals surface area (Å²) < 4.78 is 4.68. The van der Waals surface area contributed by atoms with Gasteiger partial charge < -0.3 is 10.5 Å². The summed E-state index contributed by atoms with van der Waals surface area (Å²) in [4.78, 5) is 12.6. The highest BCUT2D eigenvalue weighted by molar-refractivity contribution is 8.03. The first-order valence-electron chi connectivity index (χ1n) is 4.49. The van der Waals surface area contributed by atoms with Crippen molar-refractivity contribution in [3.63, 3.8) is 0 Å². The van der Waals surface area contributed by atoms with Crippen molar-refractivity contribution in [1.29, 1.82) is 0 Å². The standard InChI is InChI=1S/C10H11NO2S2/c1-13-10(12)6-5-8(15-9(6)11)7-3-2-4-14-7/h2-4,8H,5,11H2,1H3. The summed E-state index contributed by atoms with van der Waals surface area (Å²) in [5.41, 5.74) is 6.41. The van der Waals surface area contributed by atoms with E-state index in [0.717, 1.165) is 0 Å². The van der Waals surface area contributed by atoms with Gasteiger partial charge in [0.05, 0.1) is 17.7 Å². The second-order valence-corrected chi connectivity index (χ2v) is 5.38. The highest BCUT2D eigenvalue weighted by atomic mass is 32.2. The number of carbonyl (C=O) groups excluding carboxylic acids is 1. The third-order valence-corrected chi connectivity index (χ3v) is 4.59. The third-order valence-electron chi connectivity index (χ3n) is 2.25. The molecule has 0 radical (unpaired) electrons. The molecule has 1 aromatic rings. The van der Waals surface area contributed by atoms with Crippen molar-refractivity contribution in [3.05, 3.63) is 33.0 Å². The zero-order chi connectivity index (χ0) is 10.8. The number of hydrogen-bond donors (Lipinski definition) is 1. The molecule has 0 aliphatic carbocycles. The Morgan fingerprint density at radius 1 is 1.67 bits per heavy atom. The molecule has 0 saturated carbocycles. The predicted molar refractivity (Wildman–Crippen MR) is 62.5 cm³/mol. The first-order chi connectivity index (χ1) is 7.22. The number of carbonyl (C=O) groups is 1. The average Bonchev–Trinajstić information content (AvgIpc) is 2.84. The van der Waals surface area contributed by atoms with Crippen LogP contribution in [0.2, 0.25) is 0 Å². The Bertz CT molecular complexity index is 398. The number of rotatable bonds is 2. The van der Waals surface area contributed by atoms with Crippen LogP contribution in [-0.2, 0) is 9.53 Å². The fourth-order valence-corrected chi connectivity index (χ4v) is 3.57. The molecular formula is C10H11NO2S2. The molecular weight excluding hydrogens is 230 g/mol. The molecule has 5 heteroatoms. The second-order valence-electron chi connectivity index (χ2n) is 3.16. The van der Waals surface area contributed by atoms with Crippen LogP contribution in [0.5, 0.6) is 0 Å². The molecule has 80 valence electrons. The Morgan fingerprint density at radius 3 is 3.07 bits per heavy atom. The molecule has 0 saturated heterocycles. The third kappa shape index (κ3) is 2.03. The van der Waals surface area contributed by atoms with Gasteiger partial charge in [-0.3, -0.25) is 0 Å². The summed E-state index contributed by atoms with van der Waals surface area (Å²) in [6.45, 7) is 0. The van der Waals surface area contributed by atoms with E-state index in [9.17, 15) is 4.79 Å². The number of hydrogen-bond acceptors (Lipinski definition) is 5. The molecule has 0 spiro atoms. The Kier molecular flexibility index (Phi) is 3.02. The number of methoxy groups -OCH3 is 1. The SMILES string of the molecule is COC(=O)C1=C(N)SC(c2cccs2)C1. The molecule has 0 amide bonds. The van der Waals surface area contributed by atoms with Crippen LogP contribution in [0.25, 0.3) is 0 Å². The Labute approximate surface area is 96.3 Å². The number of nitrogens with two attached hydrogens (primary N) is 1. The molecule has 0 fully saturated rings. The van der Waals surface area contributed by atoms with Gasteiger partial charge in [-0.1, -0.05) is 17.8 Å². The summed E-state index contributed by atoms with van der Waals surface area (Å²) in [5, 5.41) is 2.90. The van der Waals surface area contributed by atoms with E-state index >= 15 is 0 Å². The van der Waals surface area contributed by atoms with Crippen molar-refractivity contribution >= 4 is 29.1 Å². The molecule has 1 aromatic heterocycles. The molecule has 2 heterocycles. The van der Waals surface area contributed by atoms with Gasteiger partial charge in [0.1, 0.15) is 0 Å². The van der Waals surface area contributed by atoms with Crippen LogP contribution < -0.4 is 5.73 Å². The van der Waals surface area contributed by atoms with Crippen molar-refractivity contribution in [3.8, 4) is 0 Å². The number of thioether (sulfide) groups is 1. The molecule has 2 N–H and O–H groups in total. The summed E-state index contributed by atoms with van der Waals surface area (Å²) in [7, 11) is 1.38. The average molecular weight is 241 g/mol. The van der Waals surface area contributed by atoms with E-state index in [1.807, 2.05) is 11.4 Å². The number of thiophene rings is 1. The van der Waals surface area contributed by atoms with Gasteiger partial charge in [-0.15, -0.1) is 11.3 Å². The van der Waals surface area contributed by atoms with E-state index in [-0.39, 0.29) is 11.2 Å². The molecule has 2 rings (SSSR count). The summed E-state index contributed by atoms with van der Waals surface area (Å²) in [6.07, 6.45) is 0.670. The van der Waals surface area contributed by atoms with Crippen LogP contribution in [0, 0.1) is 0 Å². The van der Waals surface area contributed by atoms with Gasteiger partial charge in [0.15, 0.2) is 0 Å². The normalized spacial score (nSPS) is 20.7. The maximum absolute atomic E-state index is 11.4. The second kappa shape index (κ2) is 4.28. The largest absolute Gasteiger partial charge is 0.466 e. The molecule has 0 aromatic carbocycles. The van der Waals surface area contributed by atoms with Gasteiger partial charge in [-0.2, -0.15) is 0 Å². The Morgan fingerprint density at radius 2 is 2.47 bits per heavy atom. The molecule has 1 aliphatic heterocycles. The van der Waals surface area contributed by atoms with Gasteiger partial charge in [-0.05, 0) is 17.9 Å². The zero-order valence-electron chi connectivity index (χ0n) is 8.23. The quantitative estimate of drug-likeness (QED) is 0.807. The van der Waals surface area contributed by atoms with Crippen molar-refractivity contribution in [2.45, 2.75) is 11.7 Å². The summed E-state index contributed by atoms with van der Waals surface area (Å²) in [5.74, 6) is -0.306. The van der Waals surface area contributed by atoms with Crippen molar-refractivity contribution in [2.24, 2.45) is 5.73 Å². The van der Waals surface area contributed by atoms with Gasteiger partial charge in [0, 0.05) is 10.1 Å². The lowest BCUT2D eigenvalue weighted by Gasteiger charge is -2.05. The summed E-state index contributed by atoms with van der Waals surface area (Å²) in [6, 6.07) is 4.07. The van der Waals surface area contributed by atoms with Crippen LogP contribution in [0.15, 0.2) is 28.1 Å². The van der Waals surface area contributed by atoms with E-state index in [2.05, 4.69) is 10.8 Å². The molecule has 1 unspecified atom stereocenters. The van der Waals surface area contributed by atoms with E-state index in [0.29, 0.717) is 17.0 Å². The molecule has 1 atom stereocenters. The molecule has 1 aliphatic rings. The summed E-state index contributed by atoms with van der Waals surface area (Å²) >= 11 is 3.23. The van der Waals surface area contributed by atoms with Gasteiger partial charge in [0.2, 0.25) is 0 Å². The molecule has 15 heavy (non-hydrogen) atoms. The lowest BCUT2D eigenvalue weighted by Crippen LogP contribution is -2.07. The number of ether oxygens (including phenoxy) is 1.